The molecule has 3 N–H and O–H groups in total. The number of aryl methyl sites for hydroxylation is 1. The highest BCUT2D eigenvalue weighted by molar-refractivity contribution is 7.99. The maximum Gasteiger partial charge on any atom is 0.242 e. The molecule has 2 unspecified atom stereocenters. The van der Waals surface area contributed by atoms with Gasteiger partial charge >= 0.3 is 0 Å². The maximum atomic E-state index is 13.5. The Balaban J connectivity index is 1.63. The molecule has 2 aromatic rings. The molecule has 1 saturated heterocycles. The van der Waals surface area contributed by atoms with Crippen molar-refractivity contribution in [2.75, 3.05) is 63.5 Å². The van der Waals surface area contributed by atoms with Crippen molar-refractivity contribution in [3.63, 3.8) is 0 Å². The molecule has 44 heavy (non-hydrogen) atoms. The molecule has 0 aromatic heterocycles. The number of anilines is 1. The zero-order valence-electron chi connectivity index (χ0n) is 25.7. The second kappa shape index (κ2) is 14.5. The van der Waals surface area contributed by atoms with Gasteiger partial charge in [-0.05, 0) is 54.7 Å². The van der Waals surface area contributed by atoms with Crippen molar-refractivity contribution in [2.24, 2.45) is 0 Å². The minimum Gasteiger partial charge on any atom is -0.493 e. The minimum absolute atomic E-state index is 0.0435. The van der Waals surface area contributed by atoms with Crippen molar-refractivity contribution in [2.45, 2.75) is 38.8 Å². The highest BCUT2D eigenvalue weighted by atomic mass is 32.2. The second-order valence-electron chi connectivity index (χ2n) is 10.6. The van der Waals surface area contributed by atoms with Crippen LogP contribution in [0, 0.1) is 0 Å². The van der Waals surface area contributed by atoms with Gasteiger partial charge in [-0.1, -0.05) is 6.07 Å². The summed E-state index contributed by atoms with van der Waals surface area (Å²) < 4.78 is 43.7. The first-order chi connectivity index (χ1) is 21.0. The van der Waals surface area contributed by atoms with E-state index in [2.05, 4.69) is 16.0 Å². The van der Waals surface area contributed by atoms with Crippen molar-refractivity contribution in [3.05, 3.63) is 45.6 Å². The number of carbonyl (C=O) groups is 2. The van der Waals surface area contributed by atoms with E-state index in [1.54, 1.807) is 37.9 Å². The molecule has 1 fully saturated rings. The lowest BCUT2D eigenvalue weighted by molar-refractivity contribution is -0.121. The molecule has 2 amide bonds. The molecule has 1 heterocycles. The number of sulfonamides is 1. The lowest BCUT2D eigenvalue weighted by atomic mass is 9.95. The van der Waals surface area contributed by atoms with Crippen LogP contribution in [0.5, 0.6) is 17.2 Å². The number of ether oxygens (including phenoxy) is 3. The molecule has 14 heteroatoms. The number of fused-ring (bicyclic) bond motifs is 3. The van der Waals surface area contributed by atoms with Crippen LogP contribution < -0.4 is 35.6 Å². The summed E-state index contributed by atoms with van der Waals surface area (Å²) in [5.74, 6) is 1.97. The first kappa shape index (κ1) is 33.4. The third kappa shape index (κ3) is 7.41. The van der Waals surface area contributed by atoms with Gasteiger partial charge in [0, 0.05) is 43.6 Å². The molecule has 0 bridgehead atoms. The number of methoxy groups -OCH3 is 3. The van der Waals surface area contributed by atoms with Gasteiger partial charge < -0.3 is 30.2 Å². The van der Waals surface area contributed by atoms with Gasteiger partial charge in [-0.3, -0.25) is 14.4 Å². The summed E-state index contributed by atoms with van der Waals surface area (Å²) in [5.41, 5.74) is 2.66. The van der Waals surface area contributed by atoms with Crippen molar-refractivity contribution < 1.29 is 32.2 Å². The average Bonchev–Trinajstić information content (AvgIpc) is 3.24. The monoisotopic (exact) mass is 648 g/mol. The molecule has 12 nitrogen and oxygen atoms in total. The first-order valence-electron chi connectivity index (χ1n) is 14.4. The van der Waals surface area contributed by atoms with Crippen LogP contribution in [0.4, 0.5) is 5.69 Å². The number of hydrogen-bond acceptors (Lipinski definition) is 10. The number of amides is 2. The SMILES string of the molecule is COc1cc2c(c(OC)c1OC)-c1ccc(NC(C)C(=O)NCCS(=O)(=O)N3CCSCC3)c(=O)cc1C(NC(C)=O)CC2. The summed E-state index contributed by atoms with van der Waals surface area (Å²) in [5, 5.41) is 8.61. The lowest BCUT2D eigenvalue weighted by Gasteiger charge is -2.25. The highest BCUT2D eigenvalue weighted by Gasteiger charge is 2.30. The Morgan fingerprint density at radius 3 is 2.41 bits per heavy atom. The molecule has 2 aliphatic rings. The third-order valence-electron chi connectivity index (χ3n) is 7.70. The van der Waals surface area contributed by atoms with Crippen molar-refractivity contribution >= 4 is 39.3 Å². The summed E-state index contributed by atoms with van der Waals surface area (Å²) in [6, 6.07) is 5.40. The van der Waals surface area contributed by atoms with Crippen molar-refractivity contribution in [3.8, 4) is 28.4 Å². The summed E-state index contributed by atoms with van der Waals surface area (Å²) >= 11 is 1.72. The topological polar surface area (TPSA) is 152 Å². The van der Waals surface area contributed by atoms with E-state index < -0.39 is 28.0 Å². The van der Waals surface area contributed by atoms with E-state index in [9.17, 15) is 22.8 Å². The predicted octanol–water partition coefficient (Wildman–Crippen LogP) is 2.16. The van der Waals surface area contributed by atoms with Crippen LogP contribution in [0.1, 0.15) is 37.4 Å². The van der Waals surface area contributed by atoms with Crippen LogP contribution in [0.2, 0.25) is 0 Å². The number of thioether (sulfide) groups is 1. The van der Waals surface area contributed by atoms with E-state index in [-0.39, 0.29) is 29.3 Å². The Hall–Kier alpha value is -3.49. The number of nitrogens with one attached hydrogen (secondary N) is 3. The Morgan fingerprint density at radius 2 is 1.77 bits per heavy atom. The van der Waals surface area contributed by atoms with E-state index in [1.165, 1.54) is 31.5 Å². The Labute approximate surface area is 262 Å². The van der Waals surface area contributed by atoms with E-state index in [4.69, 9.17) is 14.2 Å². The fourth-order valence-corrected chi connectivity index (χ4v) is 8.03. The average molecular weight is 649 g/mol. The third-order valence-corrected chi connectivity index (χ3v) is 10.5. The molecule has 0 spiro atoms. The van der Waals surface area contributed by atoms with Gasteiger partial charge in [0.1, 0.15) is 6.04 Å². The molecule has 4 rings (SSSR count). The van der Waals surface area contributed by atoms with E-state index in [0.717, 1.165) is 17.1 Å². The van der Waals surface area contributed by atoms with Crippen LogP contribution in [0.15, 0.2) is 29.1 Å². The number of rotatable bonds is 11. The molecule has 0 radical (unpaired) electrons. The van der Waals surface area contributed by atoms with Gasteiger partial charge in [-0.25, -0.2) is 12.7 Å². The molecule has 2 aromatic carbocycles. The Bertz CT molecular complexity index is 1560. The molecule has 1 aliphatic carbocycles. The summed E-state index contributed by atoms with van der Waals surface area (Å²) in [6.45, 7) is 3.92. The van der Waals surface area contributed by atoms with Gasteiger partial charge in [-0.2, -0.15) is 11.8 Å². The molecule has 1 aliphatic heterocycles. The Kier molecular flexibility index (Phi) is 11.0. The highest BCUT2D eigenvalue weighted by Crippen LogP contribution is 2.50. The normalized spacial score (nSPS) is 17.2. The van der Waals surface area contributed by atoms with Gasteiger partial charge in [0.15, 0.2) is 11.5 Å². The minimum atomic E-state index is -3.47. The van der Waals surface area contributed by atoms with E-state index >= 15 is 0 Å². The lowest BCUT2D eigenvalue weighted by Crippen LogP contribution is -2.44. The Morgan fingerprint density at radius 1 is 1.07 bits per heavy atom. The number of carbonyl (C=O) groups excluding carboxylic acids is 2. The second-order valence-corrected chi connectivity index (χ2v) is 13.9. The largest absolute Gasteiger partial charge is 0.493 e. The molecular weight excluding hydrogens is 608 g/mol. The van der Waals surface area contributed by atoms with E-state index in [0.29, 0.717) is 59.9 Å². The van der Waals surface area contributed by atoms with Gasteiger partial charge in [0.25, 0.3) is 0 Å². The maximum absolute atomic E-state index is 13.5. The van der Waals surface area contributed by atoms with Crippen molar-refractivity contribution in [1.29, 1.82) is 0 Å². The molecular formula is C30H40N4O8S2. The first-order valence-corrected chi connectivity index (χ1v) is 17.1. The van der Waals surface area contributed by atoms with Crippen LogP contribution >= 0.6 is 11.8 Å². The molecule has 0 saturated carbocycles. The number of hydrogen-bond donors (Lipinski definition) is 3. The van der Waals surface area contributed by atoms with Crippen LogP contribution in [0.25, 0.3) is 11.1 Å². The van der Waals surface area contributed by atoms with Crippen LogP contribution in [0.3, 0.4) is 0 Å². The van der Waals surface area contributed by atoms with Gasteiger partial charge in [0.2, 0.25) is 33.0 Å². The number of nitrogens with zero attached hydrogens (tertiary/aromatic N) is 1. The smallest absolute Gasteiger partial charge is 0.242 e. The molecule has 2 atom stereocenters. The fourth-order valence-electron chi connectivity index (χ4n) is 5.54. The standard InChI is InChI=1S/C30H40N4O8S2/c1-18(30(37)31-10-15-44(38,39)34-11-13-43-14-12-34)32-24-9-7-21-22(17-25(24)36)23(33-19(2)35)8-6-20-16-26(40-3)28(41-4)29(42-5)27(20)21/h7,9,16-18,23H,6,8,10-15H2,1-5H3,(H,31,37)(H,32,36)(H,33,35). The van der Waals surface area contributed by atoms with E-state index in [1.807, 2.05) is 6.07 Å². The van der Waals surface area contributed by atoms with Gasteiger partial charge in [0.05, 0.1) is 38.8 Å². The number of benzene rings is 1. The predicted molar refractivity (Wildman–Crippen MR) is 171 cm³/mol. The summed E-state index contributed by atoms with van der Waals surface area (Å²) in [4.78, 5) is 38.6. The summed E-state index contributed by atoms with van der Waals surface area (Å²) in [6.07, 6.45) is 1.08. The zero-order chi connectivity index (χ0) is 32.0. The van der Waals surface area contributed by atoms with Crippen LogP contribution in [-0.4, -0.2) is 88.8 Å². The van der Waals surface area contributed by atoms with Crippen molar-refractivity contribution in [1.82, 2.24) is 14.9 Å². The molecule has 240 valence electrons. The zero-order valence-corrected chi connectivity index (χ0v) is 27.3. The fraction of sp³-hybridized carbons (Fsp3) is 0.500. The van der Waals surface area contributed by atoms with Gasteiger partial charge in [-0.15, -0.1) is 0 Å². The van der Waals surface area contributed by atoms with Crippen LogP contribution in [-0.2, 0) is 26.0 Å². The summed E-state index contributed by atoms with van der Waals surface area (Å²) in [7, 11) is 1.12. The quantitative estimate of drug-likeness (QED) is 0.331.